The molecule has 0 unspecified atom stereocenters. The first kappa shape index (κ1) is 12.6. The normalized spacial score (nSPS) is 11.5. The predicted molar refractivity (Wildman–Crippen MR) is 54.8 cm³/mol. The number of hydrogen-bond acceptors (Lipinski definition) is 5. The third-order valence-electron chi connectivity index (χ3n) is 2.36. The van der Waals surface area contributed by atoms with Gasteiger partial charge in [-0.05, 0) is 6.92 Å². The first-order chi connectivity index (χ1) is 7.58. The molecule has 0 bridgehead atoms. The standard InChI is InChI=1S/C9H15N3O4/c1-6-7(2-10-12-6)8(16)11-9(3-13,4-14)5-15/h2,13-15H,3-5H2,1H3,(H,10,12)(H,11,16). The van der Waals surface area contributed by atoms with Crippen molar-refractivity contribution in [1.29, 1.82) is 0 Å². The summed E-state index contributed by atoms with van der Waals surface area (Å²) in [6, 6.07) is 0. The Morgan fingerprint density at radius 1 is 1.44 bits per heavy atom. The molecular formula is C9H15N3O4. The summed E-state index contributed by atoms with van der Waals surface area (Å²) in [6.45, 7) is 0.00828. The van der Waals surface area contributed by atoms with Gasteiger partial charge in [-0.25, -0.2) is 0 Å². The molecule has 0 fully saturated rings. The number of nitrogens with one attached hydrogen (secondary N) is 2. The van der Waals surface area contributed by atoms with Gasteiger partial charge in [0.15, 0.2) is 0 Å². The molecule has 1 aromatic rings. The van der Waals surface area contributed by atoms with Crippen molar-refractivity contribution in [2.24, 2.45) is 0 Å². The van der Waals surface area contributed by atoms with Crippen LogP contribution in [0.1, 0.15) is 16.1 Å². The Hall–Kier alpha value is -1.44. The molecular weight excluding hydrogens is 214 g/mol. The summed E-state index contributed by atoms with van der Waals surface area (Å²) in [7, 11) is 0. The molecule has 0 spiro atoms. The van der Waals surface area contributed by atoms with Crippen LogP contribution in [0.3, 0.4) is 0 Å². The minimum Gasteiger partial charge on any atom is -0.394 e. The number of aromatic amines is 1. The smallest absolute Gasteiger partial charge is 0.255 e. The van der Waals surface area contributed by atoms with Crippen LogP contribution in [0.25, 0.3) is 0 Å². The minimum absolute atomic E-state index is 0.305. The molecule has 1 aromatic heterocycles. The second kappa shape index (κ2) is 5.06. The predicted octanol–water partition coefficient (Wildman–Crippen LogP) is -1.84. The van der Waals surface area contributed by atoms with Crippen molar-refractivity contribution in [3.05, 3.63) is 17.5 Å². The van der Waals surface area contributed by atoms with Gasteiger partial charge in [0.25, 0.3) is 5.91 Å². The van der Waals surface area contributed by atoms with Crippen LogP contribution in [0.2, 0.25) is 0 Å². The molecule has 0 aliphatic heterocycles. The van der Waals surface area contributed by atoms with E-state index in [2.05, 4.69) is 15.5 Å². The first-order valence-electron chi connectivity index (χ1n) is 4.73. The number of nitrogens with zero attached hydrogens (tertiary/aromatic N) is 1. The zero-order valence-electron chi connectivity index (χ0n) is 8.90. The highest BCUT2D eigenvalue weighted by Gasteiger charge is 2.30. The maximum absolute atomic E-state index is 11.7. The van der Waals surface area contributed by atoms with E-state index >= 15 is 0 Å². The molecule has 7 nitrogen and oxygen atoms in total. The highest BCUT2D eigenvalue weighted by molar-refractivity contribution is 5.95. The van der Waals surface area contributed by atoms with Crippen molar-refractivity contribution in [3.8, 4) is 0 Å². The number of amides is 1. The van der Waals surface area contributed by atoms with Crippen LogP contribution in [-0.2, 0) is 0 Å². The van der Waals surface area contributed by atoms with E-state index in [9.17, 15) is 4.79 Å². The lowest BCUT2D eigenvalue weighted by Crippen LogP contribution is -2.57. The molecule has 0 saturated carbocycles. The molecule has 0 saturated heterocycles. The second-order valence-corrected chi connectivity index (χ2v) is 3.62. The van der Waals surface area contributed by atoms with Crippen molar-refractivity contribution in [3.63, 3.8) is 0 Å². The number of aryl methyl sites for hydroxylation is 1. The van der Waals surface area contributed by atoms with Gasteiger partial charge >= 0.3 is 0 Å². The van der Waals surface area contributed by atoms with Crippen molar-refractivity contribution in [1.82, 2.24) is 15.5 Å². The van der Waals surface area contributed by atoms with Gasteiger partial charge in [-0.1, -0.05) is 0 Å². The molecule has 1 rings (SSSR count). The molecule has 1 heterocycles. The molecule has 7 heteroatoms. The number of hydrogen-bond donors (Lipinski definition) is 5. The molecule has 1 amide bonds. The molecule has 90 valence electrons. The third kappa shape index (κ3) is 2.38. The van der Waals surface area contributed by atoms with Gasteiger partial charge in [0.1, 0.15) is 5.54 Å². The fraction of sp³-hybridized carbons (Fsp3) is 0.556. The average Bonchev–Trinajstić information content (AvgIpc) is 2.72. The van der Waals surface area contributed by atoms with Crippen molar-refractivity contribution < 1.29 is 20.1 Å². The number of aliphatic hydroxyl groups excluding tert-OH is 3. The van der Waals surface area contributed by atoms with E-state index < -0.39 is 31.3 Å². The van der Waals surface area contributed by atoms with Gasteiger partial charge < -0.3 is 20.6 Å². The summed E-state index contributed by atoms with van der Waals surface area (Å²) in [6.07, 6.45) is 1.33. The summed E-state index contributed by atoms with van der Waals surface area (Å²) < 4.78 is 0. The van der Waals surface area contributed by atoms with Gasteiger partial charge in [-0.15, -0.1) is 0 Å². The van der Waals surface area contributed by atoms with E-state index in [1.807, 2.05) is 0 Å². The number of aliphatic hydroxyl groups is 3. The molecule has 0 atom stereocenters. The SMILES string of the molecule is Cc1[nH]ncc1C(=O)NC(CO)(CO)CO. The Bertz CT molecular complexity index is 351. The fourth-order valence-corrected chi connectivity index (χ4v) is 1.16. The molecule has 0 aliphatic carbocycles. The summed E-state index contributed by atoms with van der Waals surface area (Å²) in [4.78, 5) is 11.7. The van der Waals surface area contributed by atoms with Gasteiger partial charge in [0.2, 0.25) is 0 Å². The maximum atomic E-state index is 11.7. The van der Waals surface area contributed by atoms with Crippen LogP contribution < -0.4 is 5.32 Å². The van der Waals surface area contributed by atoms with Gasteiger partial charge in [0, 0.05) is 5.69 Å². The lowest BCUT2D eigenvalue weighted by atomic mass is 10.0. The summed E-state index contributed by atoms with van der Waals surface area (Å²) in [5.74, 6) is -0.511. The van der Waals surface area contributed by atoms with Crippen molar-refractivity contribution in [2.45, 2.75) is 12.5 Å². The van der Waals surface area contributed by atoms with Crippen LogP contribution >= 0.6 is 0 Å². The van der Waals surface area contributed by atoms with Crippen LogP contribution in [-0.4, -0.2) is 56.8 Å². The Balaban J connectivity index is 2.81. The number of aromatic nitrogens is 2. The Kier molecular flexibility index (Phi) is 3.99. The van der Waals surface area contributed by atoms with E-state index in [4.69, 9.17) is 15.3 Å². The van der Waals surface area contributed by atoms with Gasteiger partial charge in [0.05, 0.1) is 31.6 Å². The van der Waals surface area contributed by atoms with Crippen molar-refractivity contribution >= 4 is 5.91 Å². The Labute approximate surface area is 92.1 Å². The average molecular weight is 229 g/mol. The summed E-state index contributed by atoms with van der Waals surface area (Å²) >= 11 is 0. The van der Waals surface area contributed by atoms with Crippen molar-refractivity contribution in [2.75, 3.05) is 19.8 Å². The van der Waals surface area contributed by atoms with E-state index in [1.54, 1.807) is 6.92 Å². The Morgan fingerprint density at radius 3 is 2.38 bits per heavy atom. The minimum atomic E-state index is -1.42. The largest absolute Gasteiger partial charge is 0.394 e. The number of carbonyl (C=O) groups excluding carboxylic acids is 1. The number of carbonyl (C=O) groups is 1. The third-order valence-corrected chi connectivity index (χ3v) is 2.36. The van der Waals surface area contributed by atoms with E-state index in [-0.39, 0.29) is 0 Å². The van der Waals surface area contributed by atoms with Crippen LogP contribution in [0.15, 0.2) is 6.20 Å². The van der Waals surface area contributed by atoms with E-state index in [1.165, 1.54) is 6.20 Å². The van der Waals surface area contributed by atoms with Gasteiger partial charge in [-0.3, -0.25) is 9.89 Å². The zero-order valence-corrected chi connectivity index (χ0v) is 8.90. The molecule has 5 N–H and O–H groups in total. The van der Waals surface area contributed by atoms with Crippen LogP contribution in [0.4, 0.5) is 0 Å². The molecule has 0 aliphatic rings. The van der Waals surface area contributed by atoms with E-state index in [0.29, 0.717) is 11.3 Å². The number of H-pyrrole nitrogens is 1. The van der Waals surface area contributed by atoms with E-state index in [0.717, 1.165) is 0 Å². The molecule has 16 heavy (non-hydrogen) atoms. The second-order valence-electron chi connectivity index (χ2n) is 3.62. The highest BCUT2D eigenvalue weighted by atomic mass is 16.3. The quantitative estimate of drug-likeness (QED) is 0.406. The fourth-order valence-electron chi connectivity index (χ4n) is 1.16. The topological polar surface area (TPSA) is 118 Å². The summed E-state index contributed by atoms with van der Waals surface area (Å²) in [5, 5.41) is 35.7. The summed E-state index contributed by atoms with van der Waals surface area (Å²) in [5.41, 5.74) is -0.541. The first-order valence-corrected chi connectivity index (χ1v) is 4.73. The van der Waals surface area contributed by atoms with Gasteiger partial charge in [-0.2, -0.15) is 5.10 Å². The zero-order chi connectivity index (χ0) is 12.2. The monoisotopic (exact) mass is 229 g/mol. The number of rotatable bonds is 5. The van der Waals surface area contributed by atoms with Crippen LogP contribution in [0.5, 0.6) is 0 Å². The molecule has 0 aromatic carbocycles. The Morgan fingerprint density at radius 2 is 2.00 bits per heavy atom. The maximum Gasteiger partial charge on any atom is 0.255 e. The lowest BCUT2D eigenvalue weighted by molar-refractivity contribution is 0.0375. The lowest BCUT2D eigenvalue weighted by Gasteiger charge is -2.28. The molecule has 0 radical (unpaired) electrons. The highest BCUT2D eigenvalue weighted by Crippen LogP contribution is 2.07. The van der Waals surface area contributed by atoms with Crippen LogP contribution in [0, 0.1) is 6.92 Å².